The molecule has 2 aromatic rings. The van der Waals surface area contributed by atoms with Crippen LogP contribution >= 0.6 is 0 Å². The van der Waals surface area contributed by atoms with Gasteiger partial charge in [0.2, 0.25) is 5.91 Å². The monoisotopic (exact) mass is 502 g/mol. The maximum atomic E-state index is 14.6. The molecule has 9 nitrogen and oxygen atoms in total. The predicted molar refractivity (Wildman–Crippen MR) is 137 cm³/mol. The number of hydrogen-bond acceptors (Lipinski definition) is 7. The summed E-state index contributed by atoms with van der Waals surface area (Å²) in [7, 11) is 3.75. The average Bonchev–Trinajstić information content (AvgIpc) is 3.22. The first-order valence-corrected chi connectivity index (χ1v) is 11.7. The summed E-state index contributed by atoms with van der Waals surface area (Å²) in [5, 5.41) is 18.9. The molecule has 1 unspecified atom stereocenters. The Bertz CT molecular complexity index is 1060. The quantitative estimate of drug-likeness (QED) is 0.388. The minimum absolute atomic E-state index is 0.0418. The molecule has 3 rings (SSSR count). The van der Waals surface area contributed by atoms with Crippen LogP contribution in [0.1, 0.15) is 55.1 Å². The molecule has 0 aliphatic carbocycles. The van der Waals surface area contributed by atoms with Crippen molar-refractivity contribution in [2.24, 2.45) is 0 Å². The Labute approximate surface area is 211 Å². The zero-order chi connectivity index (χ0) is 27.3. The number of carbonyl (C=O) groups excluding carboxylic acids is 4. The van der Waals surface area contributed by atoms with E-state index in [0.29, 0.717) is 28.7 Å². The number of fused-ring (bicyclic) bond motifs is 1. The maximum absolute atomic E-state index is 14.6. The van der Waals surface area contributed by atoms with Crippen molar-refractivity contribution in [2.45, 2.75) is 52.4 Å². The van der Waals surface area contributed by atoms with E-state index in [9.17, 15) is 28.7 Å². The number of halogens is 1. The van der Waals surface area contributed by atoms with E-state index in [1.807, 2.05) is 27.9 Å². The van der Waals surface area contributed by atoms with Crippen LogP contribution in [0.3, 0.4) is 0 Å². The second-order valence-electron chi connectivity index (χ2n) is 7.74. The number of aliphatic hydroxyl groups is 1. The highest BCUT2D eigenvalue weighted by atomic mass is 19.1. The number of rotatable bonds is 9. The molecule has 1 atom stereocenters. The van der Waals surface area contributed by atoms with Crippen LogP contribution in [-0.2, 0) is 27.5 Å². The normalized spacial score (nSPS) is 13.2. The van der Waals surface area contributed by atoms with Crippen molar-refractivity contribution in [2.75, 3.05) is 24.7 Å². The van der Waals surface area contributed by atoms with Gasteiger partial charge in [0.1, 0.15) is 6.29 Å². The fourth-order valence-corrected chi connectivity index (χ4v) is 3.53. The van der Waals surface area contributed by atoms with Gasteiger partial charge in [-0.25, -0.2) is 4.39 Å². The topological polar surface area (TPSA) is 128 Å². The van der Waals surface area contributed by atoms with Crippen molar-refractivity contribution in [1.29, 1.82) is 0 Å². The van der Waals surface area contributed by atoms with Gasteiger partial charge in [-0.2, -0.15) is 0 Å². The second-order valence-corrected chi connectivity index (χ2v) is 7.74. The van der Waals surface area contributed by atoms with Gasteiger partial charge in [0.05, 0.1) is 12.2 Å². The van der Waals surface area contributed by atoms with E-state index in [-0.39, 0.29) is 43.8 Å². The van der Waals surface area contributed by atoms with Gasteiger partial charge in [-0.05, 0) is 32.3 Å². The SMILES string of the molecule is CC.CC(=O)Nc1cccc(CNc2cccc3c2CN(C(O)(C=O)CCC=O)C3=O)c1F.CNC. The van der Waals surface area contributed by atoms with Crippen molar-refractivity contribution in [1.82, 2.24) is 10.2 Å². The molecular formula is C26H35FN4O5. The van der Waals surface area contributed by atoms with E-state index in [4.69, 9.17) is 0 Å². The first kappa shape index (κ1) is 30.4. The summed E-state index contributed by atoms with van der Waals surface area (Å²) in [6.07, 6.45) is 0.545. The number of benzene rings is 2. The molecule has 2 amide bonds. The summed E-state index contributed by atoms with van der Waals surface area (Å²) in [4.78, 5) is 47.2. The number of aldehydes is 2. The highest BCUT2D eigenvalue weighted by Crippen LogP contribution is 2.34. The lowest BCUT2D eigenvalue weighted by atomic mass is 10.1. The lowest BCUT2D eigenvalue weighted by molar-refractivity contribution is -0.144. The average molecular weight is 503 g/mol. The summed E-state index contributed by atoms with van der Waals surface area (Å²) < 4.78 is 14.6. The zero-order valence-corrected chi connectivity index (χ0v) is 21.4. The van der Waals surface area contributed by atoms with Gasteiger partial charge in [0, 0.05) is 48.7 Å². The number of nitrogens with zero attached hydrogens (tertiary/aromatic N) is 1. The van der Waals surface area contributed by atoms with E-state index in [1.165, 1.54) is 13.0 Å². The Balaban J connectivity index is 0.00000120. The molecule has 0 fully saturated rings. The number of nitrogens with one attached hydrogen (secondary N) is 3. The summed E-state index contributed by atoms with van der Waals surface area (Å²) in [6, 6.07) is 9.55. The van der Waals surface area contributed by atoms with E-state index in [0.717, 1.165) is 4.90 Å². The fourth-order valence-electron chi connectivity index (χ4n) is 3.53. The van der Waals surface area contributed by atoms with Gasteiger partial charge < -0.3 is 25.9 Å². The molecule has 4 N–H and O–H groups in total. The second kappa shape index (κ2) is 14.7. The van der Waals surface area contributed by atoms with Crippen LogP contribution in [0, 0.1) is 5.82 Å². The molecular weight excluding hydrogens is 467 g/mol. The van der Waals surface area contributed by atoms with Crippen molar-refractivity contribution in [3.63, 3.8) is 0 Å². The highest BCUT2D eigenvalue weighted by Gasteiger charge is 2.43. The van der Waals surface area contributed by atoms with Crippen molar-refractivity contribution < 1.29 is 28.7 Å². The third kappa shape index (κ3) is 7.43. The van der Waals surface area contributed by atoms with Crippen molar-refractivity contribution in [3.8, 4) is 0 Å². The summed E-state index contributed by atoms with van der Waals surface area (Å²) in [5.74, 6) is -1.49. The molecule has 0 radical (unpaired) electrons. The van der Waals surface area contributed by atoms with Crippen LogP contribution in [0.25, 0.3) is 0 Å². The van der Waals surface area contributed by atoms with Gasteiger partial charge in [0.15, 0.2) is 17.8 Å². The van der Waals surface area contributed by atoms with Crippen LogP contribution in [0.4, 0.5) is 15.8 Å². The number of hydrogen-bond donors (Lipinski definition) is 4. The molecule has 2 aromatic carbocycles. The van der Waals surface area contributed by atoms with Gasteiger partial charge in [-0.1, -0.05) is 32.0 Å². The summed E-state index contributed by atoms with van der Waals surface area (Å²) in [5.41, 5.74) is -0.312. The van der Waals surface area contributed by atoms with Crippen molar-refractivity contribution in [3.05, 3.63) is 58.9 Å². The molecule has 1 aliphatic rings. The third-order valence-corrected chi connectivity index (χ3v) is 5.11. The van der Waals surface area contributed by atoms with Crippen LogP contribution in [0.2, 0.25) is 0 Å². The molecule has 0 aromatic heterocycles. The Morgan fingerprint density at radius 1 is 1.14 bits per heavy atom. The Morgan fingerprint density at radius 2 is 1.75 bits per heavy atom. The van der Waals surface area contributed by atoms with Gasteiger partial charge >= 0.3 is 0 Å². The molecule has 1 heterocycles. The van der Waals surface area contributed by atoms with Crippen molar-refractivity contribution >= 4 is 35.8 Å². The summed E-state index contributed by atoms with van der Waals surface area (Å²) in [6.45, 7) is 5.32. The first-order chi connectivity index (χ1) is 17.2. The largest absolute Gasteiger partial charge is 0.381 e. The number of amides is 2. The van der Waals surface area contributed by atoms with Gasteiger partial charge in [0.25, 0.3) is 5.91 Å². The van der Waals surface area contributed by atoms with E-state index in [1.54, 1.807) is 30.3 Å². The Kier molecular flexibility index (Phi) is 12.4. The van der Waals surface area contributed by atoms with Crippen LogP contribution in [0.5, 0.6) is 0 Å². The fraction of sp³-hybridized carbons (Fsp3) is 0.385. The molecule has 0 spiro atoms. The van der Waals surface area contributed by atoms with Gasteiger partial charge in [-0.3, -0.25) is 19.3 Å². The van der Waals surface area contributed by atoms with Crippen LogP contribution in [0.15, 0.2) is 36.4 Å². The molecule has 0 bridgehead atoms. The van der Waals surface area contributed by atoms with Crippen LogP contribution < -0.4 is 16.0 Å². The zero-order valence-electron chi connectivity index (χ0n) is 21.4. The Morgan fingerprint density at radius 3 is 2.33 bits per heavy atom. The lowest BCUT2D eigenvalue weighted by Crippen LogP contribution is -2.50. The lowest BCUT2D eigenvalue weighted by Gasteiger charge is -2.31. The molecule has 0 saturated carbocycles. The molecule has 0 saturated heterocycles. The minimum atomic E-state index is -2.09. The smallest absolute Gasteiger partial charge is 0.257 e. The molecule has 36 heavy (non-hydrogen) atoms. The maximum Gasteiger partial charge on any atom is 0.257 e. The summed E-state index contributed by atoms with van der Waals surface area (Å²) >= 11 is 0. The van der Waals surface area contributed by atoms with Crippen LogP contribution in [-0.4, -0.2) is 54.2 Å². The van der Waals surface area contributed by atoms with E-state index in [2.05, 4.69) is 16.0 Å². The number of anilines is 2. The molecule has 10 heteroatoms. The highest BCUT2D eigenvalue weighted by molar-refractivity contribution is 6.01. The van der Waals surface area contributed by atoms with Gasteiger partial charge in [-0.15, -0.1) is 0 Å². The predicted octanol–water partition coefficient (Wildman–Crippen LogP) is 3.08. The standard InChI is InChI=1S/C22H22FN3O5.C2H7N.C2H6/c1-14(29)25-19-8-2-5-15(20(19)23)11-24-18-7-3-6-16-17(18)12-26(21(16)30)22(31,13-28)9-4-10-27;1-3-2;1-2/h2-3,5-8,10,13,24,31H,4,9,11-12H2,1H3,(H,25,29);3H,1-2H3;1-2H3. The first-order valence-electron chi connectivity index (χ1n) is 11.7. The van der Waals surface area contributed by atoms with E-state index >= 15 is 0 Å². The third-order valence-electron chi connectivity index (χ3n) is 5.11. The minimum Gasteiger partial charge on any atom is -0.381 e. The van der Waals surface area contributed by atoms with E-state index < -0.39 is 17.4 Å². The molecule has 196 valence electrons. The Hall–Kier alpha value is -3.63. The number of carbonyl (C=O) groups is 4. The molecule has 1 aliphatic heterocycles.